The lowest BCUT2D eigenvalue weighted by Crippen LogP contribution is -2.40. The summed E-state index contributed by atoms with van der Waals surface area (Å²) >= 11 is 0. The molecule has 0 unspecified atom stereocenters. The number of likely N-dealkylation sites (tertiary alicyclic amines) is 1. The van der Waals surface area contributed by atoms with Gasteiger partial charge in [0.1, 0.15) is 11.4 Å². The summed E-state index contributed by atoms with van der Waals surface area (Å²) in [5.74, 6) is 0.318. The van der Waals surface area contributed by atoms with Crippen LogP contribution in [0.2, 0.25) is 0 Å². The van der Waals surface area contributed by atoms with Crippen LogP contribution in [-0.2, 0) is 16.1 Å². The highest BCUT2D eigenvalue weighted by atomic mass is 16.5. The number of aromatic nitrogens is 2. The third-order valence-corrected chi connectivity index (χ3v) is 5.92. The van der Waals surface area contributed by atoms with E-state index in [0.29, 0.717) is 56.1 Å². The molecule has 4 rings (SSSR count). The van der Waals surface area contributed by atoms with E-state index < -0.39 is 0 Å². The zero-order valence-electron chi connectivity index (χ0n) is 19.1. The van der Waals surface area contributed by atoms with Crippen molar-refractivity contribution in [1.29, 1.82) is 0 Å². The molecule has 7 heteroatoms. The second-order valence-corrected chi connectivity index (χ2v) is 8.13. The Hall–Kier alpha value is -3.61. The molecule has 0 aliphatic carbocycles. The molecule has 0 bridgehead atoms. The fourth-order valence-electron chi connectivity index (χ4n) is 4.16. The van der Waals surface area contributed by atoms with Gasteiger partial charge in [0.2, 0.25) is 0 Å². The number of carbonyl (C=O) groups is 2. The highest BCUT2D eigenvalue weighted by Gasteiger charge is 2.30. The summed E-state index contributed by atoms with van der Waals surface area (Å²) in [6.07, 6.45) is 3.04. The minimum Gasteiger partial charge on any atom is -0.497 e. The molecule has 2 heterocycles. The predicted octanol–water partition coefficient (Wildman–Crippen LogP) is 4.02. The molecule has 0 N–H and O–H groups in total. The standard InChI is InChI=1S/C26H29N3O4/c1-3-33-26(31)20-12-14-28(15-13-20)25(30)23-18-29(17-19-8-5-4-6-9-19)27-24(23)21-10-7-11-22(16-21)32-2/h4-11,16,18,20H,3,12-15,17H2,1-2H3. The van der Waals surface area contributed by atoms with E-state index in [1.165, 1.54) is 0 Å². The molecule has 0 spiro atoms. The molecular weight excluding hydrogens is 418 g/mol. The molecule has 172 valence electrons. The van der Waals surface area contributed by atoms with Gasteiger partial charge in [-0.25, -0.2) is 0 Å². The van der Waals surface area contributed by atoms with E-state index in [0.717, 1.165) is 11.1 Å². The van der Waals surface area contributed by atoms with Crippen LogP contribution in [0.25, 0.3) is 11.3 Å². The van der Waals surface area contributed by atoms with E-state index in [1.807, 2.05) is 77.3 Å². The summed E-state index contributed by atoms with van der Waals surface area (Å²) in [5.41, 5.74) is 3.11. The van der Waals surface area contributed by atoms with Crippen molar-refractivity contribution >= 4 is 11.9 Å². The fraction of sp³-hybridized carbons (Fsp3) is 0.346. The quantitative estimate of drug-likeness (QED) is 0.512. The zero-order valence-corrected chi connectivity index (χ0v) is 19.1. The Labute approximate surface area is 193 Å². The van der Waals surface area contributed by atoms with Crippen LogP contribution < -0.4 is 4.74 Å². The molecule has 0 radical (unpaired) electrons. The Morgan fingerprint density at radius 1 is 1.06 bits per heavy atom. The number of hydrogen-bond acceptors (Lipinski definition) is 5. The van der Waals surface area contributed by atoms with Gasteiger partial charge in [-0.15, -0.1) is 0 Å². The van der Waals surface area contributed by atoms with Gasteiger partial charge in [0.05, 0.1) is 31.7 Å². The molecule has 33 heavy (non-hydrogen) atoms. The van der Waals surface area contributed by atoms with Gasteiger partial charge >= 0.3 is 5.97 Å². The number of hydrogen-bond donors (Lipinski definition) is 0. The van der Waals surface area contributed by atoms with E-state index >= 15 is 0 Å². The summed E-state index contributed by atoms with van der Waals surface area (Å²) in [7, 11) is 1.62. The number of piperidine rings is 1. The first kappa shape index (κ1) is 22.6. The molecule has 1 amide bonds. The topological polar surface area (TPSA) is 73.7 Å². The van der Waals surface area contributed by atoms with Crippen molar-refractivity contribution in [3.8, 4) is 17.0 Å². The Bertz CT molecular complexity index is 1100. The number of nitrogens with zero attached hydrogens (tertiary/aromatic N) is 3. The first-order valence-electron chi connectivity index (χ1n) is 11.3. The van der Waals surface area contributed by atoms with Gasteiger partial charge in [-0.2, -0.15) is 5.10 Å². The third kappa shape index (κ3) is 5.25. The summed E-state index contributed by atoms with van der Waals surface area (Å²) in [6, 6.07) is 17.6. The number of ether oxygens (including phenoxy) is 2. The summed E-state index contributed by atoms with van der Waals surface area (Å²) in [6.45, 7) is 3.79. The number of carbonyl (C=O) groups excluding carboxylic acids is 2. The van der Waals surface area contributed by atoms with Crippen molar-refractivity contribution in [1.82, 2.24) is 14.7 Å². The van der Waals surface area contributed by atoms with Crippen LogP contribution in [0.3, 0.4) is 0 Å². The number of methoxy groups -OCH3 is 1. The van der Waals surface area contributed by atoms with E-state index in [-0.39, 0.29) is 17.8 Å². The highest BCUT2D eigenvalue weighted by Crippen LogP contribution is 2.28. The fourth-order valence-corrected chi connectivity index (χ4v) is 4.16. The van der Waals surface area contributed by atoms with Crippen molar-refractivity contribution in [2.45, 2.75) is 26.3 Å². The normalized spacial score (nSPS) is 14.2. The van der Waals surface area contributed by atoms with Gasteiger partial charge < -0.3 is 14.4 Å². The van der Waals surface area contributed by atoms with Gasteiger partial charge in [-0.1, -0.05) is 42.5 Å². The van der Waals surface area contributed by atoms with E-state index in [1.54, 1.807) is 7.11 Å². The van der Waals surface area contributed by atoms with Gasteiger partial charge in [0, 0.05) is 24.8 Å². The molecule has 0 saturated carbocycles. The number of esters is 1. The Balaban J connectivity index is 1.60. The SMILES string of the molecule is CCOC(=O)C1CCN(C(=O)c2cn(Cc3ccccc3)nc2-c2cccc(OC)c2)CC1. The van der Waals surface area contributed by atoms with Crippen molar-refractivity contribution in [2.24, 2.45) is 5.92 Å². The Morgan fingerprint density at radius 2 is 1.82 bits per heavy atom. The minimum atomic E-state index is -0.169. The van der Waals surface area contributed by atoms with Gasteiger partial charge in [-0.05, 0) is 37.5 Å². The van der Waals surface area contributed by atoms with Crippen LogP contribution in [0, 0.1) is 5.92 Å². The predicted molar refractivity (Wildman–Crippen MR) is 125 cm³/mol. The van der Waals surface area contributed by atoms with E-state index in [2.05, 4.69) is 0 Å². The lowest BCUT2D eigenvalue weighted by molar-refractivity contribution is -0.149. The summed E-state index contributed by atoms with van der Waals surface area (Å²) < 4.78 is 12.3. The van der Waals surface area contributed by atoms with Crippen molar-refractivity contribution in [2.75, 3.05) is 26.8 Å². The largest absolute Gasteiger partial charge is 0.497 e. The van der Waals surface area contributed by atoms with Gasteiger partial charge in [0.25, 0.3) is 5.91 Å². The minimum absolute atomic E-state index is 0.0746. The molecule has 1 aliphatic heterocycles. The molecule has 7 nitrogen and oxygen atoms in total. The van der Waals surface area contributed by atoms with Gasteiger partial charge in [0.15, 0.2) is 0 Å². The van der Waals surface area contributed by atoms with Gasteiger partial charge in [-0.3, -0.25) is 14.3 Å². The smallest absolute Gasteiger partial charge is 0.309 e. The van der Waals surface area contributed by atoms with Crippen molar-refractivity contribution < 1.29 is 19.1 Å². The number of benzene rings is 2. The Kier molecular flexibility index (Phi) is 7.07. The number of rotatable bonds is 7. The summed E-state index contributed by atoms with van der Waals surface area (Å²) in [4.78, 5) is 27.4. The van der Waals surface area contributed by atoms with Crippen LogP contribution in [0.1, 0.15) is 35.7 Å². The molecule has 1 aliphatic rings. The van der Waals surface area contributed by atoms with Crippen LogP contribution >= 0.6 is 0 Å². The average molecular weight is 448 g/mol. The maximum atomic E-state index is 13.5. The zero-order chi connectivity index (χ0) is 23.2. The molecule has 0 atom stereocenters. The molecule has 1 fully saturated rings. The molecule has 2 aromatic carbocycles. The highest BCUT2D eigenvalue weighted by molar-refractivity contribution is 6.00. The monoisotopic (exact) mass is 447 g/mol. The molecule has 1 saturated heterocycles. The third-order valence-electron chi connectivity index (χ3n) is 5.92. The van der Waals surface area contributed by atoms with Crippen molar-refractivity contribution in [3.05, 3.63) is 71.9 Å². The average Bonchev–Trinajstić information content (AvgIpc) is 3.28. The van der Waals surface area contributed by atoms with E-state index in [4.69, 9.17) is 14.6 Å². The summed E-state index contributed by atoms with van der Waals surface area (Å²) in [5, 5.41) is 4.77. The second kappa shape index (κ2) is 10.3. The second-order valence-electron chi connectivity index (χ2n) is 8.13. The van der Waals surface area contributed by atoms with Crippen LogP contribution in [0.4, 0.5) is 0 Å². The maximum Gasteiger partial charge on any atom is 0.309 e. The lowest BCUT2D eigenvalue weighted by Gasteiger charge is -2.30. The maximum absolute atomic E-state index is 13.5. The first-order valence-corrected chi connectivity index (χ1v) is 11.3. The molecule has 1 aromatic heterocycles. The van der Waals surface area contributed by atoms with Crippen LogP contribution in [-0.4, -0.2) is 53.4 Å². The molecular formula is C26H29N3O4. The first-order chi connectivity index (χ1) is 16.1. The Morgan fingerprint density at radius 3 is 2.52 bits per heavy atom. The lowest BCUT2D eigenvalue weighted by atomic mass is 9.96. The number of amides is 1. The molecule has 3 aromatic rings. The van der Waals surface area contributed by atoms with E-state index in [9.17, 15) is 9.59 Å². The van der Waals surface area contributed by atoms with Crippen molar-refractivity contribution in [3.63, 3.8) is 0 Å². The van der Waals surface area contributed by atoms with Crippen LogP contribution in [0.5, 0.6) is 5.75 Å². The van der Waals surface area contributed by atoms with Crippen LogP contribution in [0.15, 0.2) is 60.8 Å².